The fourth-order valence-electron chi connectivity index (χ4n) is 5.37. The lowest BCUT2D eigenvalue weighted by molar-refractivity contribution is -0.141. The Bertz CT molecular complexity index is 955. The average molecular weight is 505 g/mol. The van der Waals surface area contributed by atoms with Gasteiger partial charge in [-0.3, -0.25) is 9.59 Å². The lowest BCUT2D eigenvalue weighted by Crippen LogP contribution is -2.46. The van der Waals surface area contributed by atoms with Crippen LogP contribution in [-0.2, 0) is 14.3 Å². The van der Waals surface area contributed by atoms with Crippen LogP contribution in [0, 0.1) is 30.1 Å². The zero-order chi connectivity index (χ0) is 26.1. The Kier molecular flexibility index (Phi) is 8.65. The Hall–Kier alpha value is -1.57. The number of carbonyl (C=O) groups is 2. The number of hydrogen-bond acceptors (Lipinski definition) is 6. The highest BCUT2D eigenvalue weighted by Gasteiger charge is 2.52. The monoisotopic (exact) mass is 504 g/mol. The molecule has 0 aliphatic carbocycles. The molecule has 2 fully saturated rings. The number of amides is 1. The molecule has 2 aliphatic heterocycles. The molecule has 1 aromatic rings. The van der Waals surface area contributed by atoms with Crippen LogP contribution in [0.2, 0.25) is 0 Å². The molecule has 0 saturated carbocycles. The van der Waals surface area contributed by atoms with Crippen LogP contribution in [0.1, 0.15) is 91.3 Å². The summed E-state index contributed by atoms with van der Waals surface area (Å²) < 4.78 is 6.16. The first-order valence-electron chi connectivity index (χ1n) is 13.0. The number of aryl methyl sites for hydroxylation is 1. The summed E-state index contributed by atoms with van der Waals surface area (Å²) in [6.07, 6.45) is 4.65. The van der Waals surface area contributed by atoms with Gasteiger partial charge in [0, 0.05) is 17.7 Å². The standard InChI is InChI=1S/C28H44N2O4S/c1-16-10-9-11-28(8)24(34-28)13-22(17(2)12-21-15-35-20(5)29-21)30-25(32)14-23(31)27(6,7)26(33)19(4)18(16)3/h12,15-16,18-19,22-24,31H,9-11,13-14H2,1-8H3,(H,30,32). The van der Waals surface area contributed by atoms with Crippen molar-refractivity contribution in [2.45, 2.75) is 111 Å². The van der Waals surface area contributed by atoms with E-state index in [0.29, 0.717) is 12.3 Å². The van der Waals surface area contributed by atoms with Crippen LogP contribution >= 0.6 is 11.3 Å². The van der Waals surface area contributed by atoms with Gasteiger partial charge in [-0.15, -0.1) is 11.3 Å². The molecule has 1 amide bonds. The molecule has 7 unspecified atom stereocenters. The van der Waals surface area contributed by atoms with Gasteiger partial charge in [0.2, 0.25) is 5.91 Å². The Labute approximate surface area is 214 Å². The molecular weight excluding hydrogens is 460 g/mol. The maximum Gasteiger partial charge on any atom is 0.223 e. The first-order valence-corrected chi connectivity index (χ1v) is 13.9. The molecule has 0 spiro atoms. The molecule has 1 aromatic heterocycles. The molecule has 2 saturated heterocycles. The zero-order valence-corrected chi connectivity index (χ0v) is 23.5. The van der Waals surface area contributed by atoms with E-state index in [4.69, 9.17) is 4.74 Å². The predicted octanol–water partition coefficient (Wildman–Crippen LogP) is 5.33. The lowest BCUT2D eigenvalue weighted by atomic mass is 9.70. The minimum atomic E-state index is -1.05. The zero-order valence-electron chi connectivity index (χ0n) is 22.7. The van der Waals surface area contributed by atoms with Crippen LogP contribution in [0.15, 0.2) is 11.0 Å². The number of aliphatic hydroxyl groups is 1. The van der Waals surface area contributed by atoms with Crippen molar-refractivity contribution in [1.82, 2.24) is 10.3 Å². The quantitative estimate of drug-likeness (QED) is 0.532. The summed E-state index contributed by atoms with van der Waals surface area (Å²) in [6.45, 7) is 16.0. The Morgan fingerprint density at radius 2 is 1.94 bits per heavy atom. The Balaban J connectivity index is 1.85. The van der Waals surface area contributed by atoms with Gasteiger partial charge in [0.1, 0.15) is 5.78 Å². The van der Waals surface area contributed by atoms with E-state index >= 15 is 0 Å². The number of nitrogens with zero attached hydrogens (tertiary/aromatic N) is 1. The second-order valence-corrected chi connectivity index (χ2v) is 12.8. The van der Waals surface area contributed by atoms with Crippen molar-refractivity contribution in [3.05, 3.63) is 21.7 Å². The van der Waals surface area contributed by atoms with Crippen molar-refractivity contribution < 1.29 is 19.4 Å². The van der Waals surface area contributed by atoms with Gasteiger partial charge in [0.05, 0.1) is 46.4 Å². The van der Waals surface area contributed by atoms with Crippen LogP contribution in [0.5, 0.6) is 0 Å². The van der Waals surface area contributed by atoms with Crippen LogP contribution < -0.4 is 5.32 Å². The first kappa shape index (κ1) is 28.0. The van der Waals surface area contributed by atoms with Gasteiger partial charge in [-0.05, 0) is 50.7 Å². The topological polar surface area (TPSA) is 91.8 Å². The first-order chi connectivity index (χ1) is 16.2. The third-order valence-electron chi connectivity index (χ3n) is 8.66. The highest BCUT2D eigenvalue weighted by atomic mass is 32.1. The van der Waals surface area contributed by atoms with Gasteiger partial charge >= 0.3 is 0 Å². The van der Waals surface area contributed by atoms with Gasteiger partial charge in [-0.25, -0.2) is 4.98 Å². The van der Waals surface area contributed by atoms with Crippen LogP contribution in [0.4, 0.5) is 0 Å². The summed E-state index contributed by atoms with van der Waals surface area (Å²) in [6, 6.07) is -0.229. The van der Waals surface area contributed by atoms with Crippen molar-refractivity contribution in [3.63, 3.8) is 0 Å². The lowest BCUT2D eigenvalue weighted by Gasteiger charge is -2.35. The van der Waals surface area contributed by atoms with E-state index in [1.165, 1.54) is 0 Å². The van der Waals surface area contributed by atoms with E-state index in [1.54, 1.807) is 25.2 Å². The summed E-state index contributed by atoms with van der Waals surface area (Å²) in [4.78, 5) is 31.0. The molecule has 196 valence electrons. The van der Waals surface area contributed by atoms with Crippen molar-refractivity contribution in [1.29, 1.82) is 0 Å². The molecular formula is C28H44N2O4S. The minimum Gasteiger partial charge on any atom is -0.392 e. The van der Waals surface area contributed by atoms with E-state index in [2.05, 4.69) is 31.1 Å². The third-order valence-corrected chi connectivity index (χ3v) is 9.45. The predicted molar refractivity (Wildman–Crippen MR) is 141 cm³/mol. The molecule has 0 aromatic carbocycles. The van der Waals surface area contributed by atoms with Crippen molar-refractivity contribution in [2.75, 3.05) is 0 Å². The second-order valence-electron chi connectivity index (χ2n) is 11.8. The minimum absolute atomic E-state index is 0.0216. The number of nitrogens with one attached hydrogen (secondary N) is 1. The summed E-state index contributed by atoms with van der Waals surface area (Å²) >= 11 is 1.60. The van der Waals surface area contributed by atoms with E-state index in [9.17, 15) is 14.7 Å². The number of aliphatic hydroxyl groups excluding tert-OH is 1. The van der Waals surface area contributed by atoms with Gasteiger partial charge in [-0.2, -0.15) is 0 Å². The third kappa shape index (κ3) is 6.60. The molecule has 2 N–H and O–H groups in total. The number of rotatable bonds is 2. The van der Waals surface area contributed by atoms with E-state index in [-0.39, 0.29) is 47.7 Å². The number of epoxide rings is 1. The summed E-state index contributed by atoms with van der Waals surface area (Å²) in [5, 5.41) is 17.1. The summed E-state index contributed by atoms with van der Waals surface area (Å²) in [5.74, 6) is 0.164. The average Bonchev–Trinajstić information content (AvgIpc) is 3.22. The van der Waals surface area contributed by atoms with Crippen molar-refractivity contribution in [3.8, 4) is 0 Å². The number of hydrogen-bond donors (Lipinski definition) is 2. The van der Waals surface area contributed by atoms with Crippen molar-refractivity contribution in [2.24, 2.45) is 23.2 Å². The second kappa shape index (κ2) is 10.8. The molecule has 6 nitrogen and oxygen atoms in total. The highest BCUT2D eigenvalue weighted by Crippen LogP contribution is 2.45. The molecule has 0 bridgehead atoms. The van der Waals surface area contributed by atoms with E-state index in [0.717, 1.165) is 35.5 Å². The van der Waals surface area contributed by atoms with Gasteiger partial charge < -0.3 is 15.2 Å². The SMILES string of the molecule is CC(=Cc1csc(C)n1)C1CC2OC2(C)CCCC(C)C(C)C(C)C(=O)C(C)(C)C(O)CC(=O)N1. The number of ether oxygens (including phenoxy) is 1. The molecule has 35 heavy (non-hydrogen) atoms. The number of Topliss-reactive ketones (excluding diaryl/α,β-unsaturated/α-hetero) is 1. The Morgan fingerprint density at radius 1 is 1.26 bits per heavy atom. The van der Waals surface area contributed by atoms with E-state index < -0.39 is 11.5 Å². The van der Waals surface area contributed by atoms with E-state index in [1.807, 2.05) is 32.2 Å². The maximum absolute atomic E-state index is 13.4. The summed E-state index contributed by atoms with van der Waals surface area (Å²) in [5.41, 5.74) is 0.709. The smallest absolute Gasteiger partial charge is 0.223 e. The van der Waals surface area contributed by atoms with Gasteiger partial charge in [-0.1, -0.05) is 47.5 Å². The van der Waals surface area contributed by atoms with Crippen LogP contribution in [0.25, 0.3) is 6.08 Å². The number of ketones is 1. The number of fused-ring (bicyclic) bond motifs is 1. The van der Waals surface area contributed by atoms with Crippen LogP contribution in [0.3, 0.4) is 0 Å². The fraction of sp³-hybridized carbons (Fsp3) is 0.750. The maximum atomic E-state index is 13.4. The Morgan fingerprint density at radius 3 is 2.57 bits per heavy atom. The largest absolute Gasteiger partial charge is 0.392 e. The van der Waals surface area contributed by atoms with Gasteiger partial charge in [0.25, 0.3) is 0 Å². The van der Waals surface area contributed by atoms with Crippen molar-refractivity contribution >= 4 is 29.1 Å². The normalized spacial score (nSPS) is 37.5. The molecule has 7 atom stereocenters. The molecule has 7 heteroatoms. The number of thiazole rings is 1. The van der Waals surface area contributed by atoms with Crippen LogP contribution in [-0.4, -0.2) is 45.6 Å². The molecule has 3 rings (SSSR count). The molecule has 3 heterocycles. The van der Waals surface area contributed by atoms with Gasteiger partial charge in [0.15, 0.2) is 0 Å². The fourth-order valence-corrected chi connectivity index (χ4v) is 5.94. The number of carbonyl (C=O) groups excluding carboxylic acids is 2. The number of aromatic nitrogens is 1. The summed E-state index contributed by atoms with van der Waals surface area (Å²) in [7, 11) is 0. The molecule has 0 radical (unpaired) electrons. The molecule has 2 aliphatic rings. The highest BCUT2D eigenvalue weighted by molar-refractivity contribution is 7.09.